The van der Waals surface area contributed by atoms with E-state index in [4.69, 9.17) is 10.00 Å². The predicted molar refractivity (Wildman–Crippen MR) is 106 cm³/mol. The van der Waals surface area contributed by atoms with Gasteiger partial charge in [-0.25, -0.2) is 0 Å². The maximum Gasteiger partial charge on any atom is 0.237 e. The summed E-state index contributed by atoms with van der Waals surface area (Å²) < 4.78 is 5.84. The van der Waals surface area contributed by atoms with Crippen LogP contribution in [0.4, 0.5) is 0 Å². The van der Waals surface area contributed by atoms with Crippen molar-refractivity contribution in [2.75, 3.05) is 0 Å². The van der Waals surface area contributed by atoms with Crippen LogP contribution in [0.2, 0.25) is 0 Å². The van der Waals surface area contributed by atoms with Gasteiger partial charge < -0.3 is 15.4 Å². The van der Waals surface area contributed by atoms with Gasteiger partial charge >= 0.3 is 0 Å². The highest BCUT2D eigenvalue weighted by Gasteiger charge is 2.13. The summed E-state index contributed by atoms with van der Waals surface area (Å²) in [6.07, 6.45) is 0.909. The molecule has 2 rings (SSSR count). The minimum absolute atomic E-state index is 0.00450. The zero-order chi connectivity index (χ0) is 19.6. The Balaban J connectivity index is 1.90. The zero-order valence-corrected chi connectivity index (χ0v) is 16.2. The average Bonchev–Trinajstić information content (AvgIpc) is 2.70. The number of nitrogens with one attached hydrogen (secondary N) is 2. The van der Waals surface area contributed by atoms with E-state index in [-0.39, 0.29) is 18.0 Å². The first kappa shape index (κ1) is 20.5. The lowest BCUT2D eigenvalue weighted by Gasteiger charge is -2.17. The fraction of sp³-hybridized carbons (Fsp3) is 0.364. The van der Waals surface area contributed by atoms with Crippen molar-refractivity contribution in [1.82, 2.24) is 10.6 Å². The summed E-state index contributed by atoms with van der Waals surface area (Å²) in [7, 11) is 0. The molecule has 2 aromatic rings. The first-order valence-electron chi connectivity index (χ1n) is 9.27. The Morgan fingerprint density at radius 1 is 1.19 bits per heavy atom. The van der Waals surface area contributed by atoms with Crippen molar-refractivity contribution in [2.24, 2.45) is 0 Å². The van der Waals surface area contributed by atoms with E-state index >= 15 is 0 Å². The normalized spacial score (nSPS) is 12.7. The zero-order valence-electron chi connectivity index (χ0n) is 16.2. The quantitative estimate of drug-likeness (QED) is 0.713. The SMILES string of the molecule is CCC(C)NC(=O)C(C)NCc1cccc(OCc2ccccc2C#N)c1. The smallest absolute Gasteiger partial charge is 0.237 e. The number of hydrogen-bond donors (Lipinski definition) is 2. The fourth-order valence-corrected chi connectivity index (χ4v) is 2.50. The van der Waals surface area contributed by atoms with E-state index in [9.17, 15) is 4.79 Å². The number of nitriles is 1. The topological polar surface area (TPSA) is 74.2 Å². The summed E-state index contributed by atoms with van der Waals surface area (Å²) in [6, 6.07) is 17.2. The Labute approximate surface area is 161 Å². The van der Waals surface area contributed by atoms with E-state index in [1.807, 2.05) is 63.2 Å². The van der Waals surface area contributed by atoms with Gasteiger partial charge in [-0.1, -0.05) is 37.3 Å². The van der Waals surface area contributed by atoms with Crippen LogP contribution < -0.4 is 15.4 Å². The van der Waals surface area contributed by atoms with E-state index in [1.165, 1.54) is 0 Å². The van der Waals surface area contributed by atoms with E-state index in [0.717, 1.165) is 23.3 Å². The van der Waals surface area contributed by atoms with Crippen molar-refractivity contribution in [2.45, 2.75) is 52.4 Å². The van der Waals surface area contributed by atoms with Crippen molar-refractivity contribution in [3.8, 4) is 11.8 Å². The number of nitrogens with zero attached hydrogens (tertiary/aromatic N) is 1. The largest absolute Gasteiger partial charge is 0.489 e. The number of rotatable bonds is 9. The molecule has 0 spiro atoms. The second kappa shape index (κ2) is 10.3. The van der Waals surface area contributed by atoms with Crippen molar-refractivity contribution < 1.29 is 9.53 Å². The molecule has 5 heteroatoms. The summed E-state index contributed by atoms with van der Waals surface area (Å²) in [4.78, 5) is 12.1. The average molecular weight is 365 g/mol. The maximum absolute atomic E-state index is 12.1. The second-order valence-corrected chi connectivity index (χ2v) is 6.63. The minimum atomic E-state index is -0.272. The maximum atomic E-state index is 12.1. The van der Waals surface area contributed by atoms with Gasteiger partial charge in [-0.3, -0.25) is 4.79 Å². The molecule has 0 saturated heterocycles. The van der Waals surface area contributed by atoms with Crippen LogP contribution in [0.3, 0.4) is 0 Å². The number of benzene rings is 2. The summed E-state index contributed by atoms with van der Waals surface area (Å²) in [6.45, 7) is 6.81. The lowest BCUT2D eigenvalue weighted by molar-refractivity contribution is -0.123. The molecule has 1 amide bonds. The lowest BCUT2D eigenvalue weighted by atomic mass is 10.1. The van der Waals surface area contributed by atoms with E-state index in [2.05, 4.69) is 16.7 Å². The number of hydrogen-bond acceptors (Lipinski definition) is 4. The van der Waals surface area contributed by atoms with Crippen LogP contribution in [0.15, 0.2) is 48.5 Å². The number of ether oxygens (including phenoxy) is 1. The summed E-state index contributed by atoms with van der Waals surface area (Å²) >= 11 is 0. The Hall–Kier alpha value is -2.84. The van der Waals surface area contributed by atoms with Gasteiger partial charge in [0.25, 0.3) is 0 Å². The Morgan fingerprint density at radius 2 is 1.96 bits per heavy atom. The van der Waals surface area contributed by atoms with Gasteiger partial charge in [0.1, 0.15) is 12.4 Å². The highest BCUT2D eigenvalue weighted by molar-refractivity contribution is 5.81. The molecule has 27 heavy (non-hydrogen) atoms. The third kappa shape index (κ3) is 6.43. The molecule has 0 saturated carbocycles. The molecule has 0 bridgehead atoms. The molecule has 2 aromatic carbocycles. The lowest BCUT2D eigenvalue weighted by Crippen LogP contribution is -2.45. The van der Waals surface area contributed by atoms with Crippen LogP contribution in [0.1, 0.15) is 43.9 Å². The molecule has 5 nitrogen and oxygen atoms in total. The molecule has 2 N–H and O–H groups in total. The Morgan fingerprint density at radius 3 is 2.70 bits per heavy atom. The van der Waals surface area contributed by atoms with Crippen molar-refractivity contribution in [3.63, 3.8) is 0 Å². The highest BCUT2D eigenvalue weighted by atomic mass is 16.5. The monoisotopic (exact) mass is 365 g/mol. The fourth-order valence-electron chi connectivity index (χ4n) is 2.50. The van der Waals surface area contributed by atoms with Gasteiger partial charge in [0.15, 0.2) is 0 Å². The molecule has 0 fully saturated rings. The van der Waals surface area contributed by atoms with Gasteiger partial charge in [-0.2, -0.15) is 5.26 Å². The van der Waals surface area contributed by atoms with Crippen LogP contribution in [0, 0.1) is 11.3 Å². The summed E-state index contributed by atoms with van der Waals surface area (Å²) in [5, 5.41) is 15.4. The van der Waals surface area contributed by atoms with Gasteiger partial charge in [0.2, 0.25) is 5.91 Å². The first-order valence-corrected chi connectivity index (χ1v) is 9.27. The van der Waals surface area contributed by atoms with Gasteiger partial charge in [-0.05, 0) is 44.0 Å². The molecule has 0 aliphatic rings. The van der Waals surface area contributed by atoms with Crippen molar-refractivity contribution >= 4 is 5.91 Å². The number of amides is 1. The molecular formula is C22H27N3O2. The van der Waals surface area contributed by atoms with Gasteiger partial charge in [0.05, 0.1) is 17.7 Å². The van der Waals surface area contributed by atoms with Crippen molar-refractivity contribution in [3.05, 3.63) is 65.2 Å². The predicted octanol–water partition coefficient (Wildman–Crippen LogP) is 3.53. The van der Waals surface area contributed by atoms with Crippen LogP contribution in [0.5, 0.6) is 5.75 Å². The highest BCUT2D eigenvalue weighted by Crippen LogP contribution is 2.16. The van der Waals surface area contributed by atoms with Crippen molar-refractivity contribution in [1.29, 1.82) is 5.26 Å². The number of carbonyl (C=O) groups excluding carboxylic acids is 1. The van der Waals surface area contributed by atoms with Gasteiger partial charge in [-0.15, -0.1) is 0 Å². The molecule has 0 aliphatic heterocycles. The first-order chi connectivity index (χ1) is 13.0. The Bertz CT molecular complexity index is 798. The van der Waals surface area contributed by atoms with Gasteiger partial charge in [0, 0.05) is 18.2 Å². The summed E-state index contributed by atoms with van der Waals surface area (Å²) in [5.41, 5.74) is 2.51. The third-order valence-electron chi connectivity index (χ3n) is 4.44. The molecule has 142 valence electrons. The molecule has 0 radical (unpaired) electrons. The Kier molecular flexibility index (Phi) is 7.84. The molecule has 2 unspecified atom stereocenters. The summed E-state index contributed by atoms with van der Waals surface area (Å²) in [5.74, 6) is 0.739. The third-order valence-corrected chi connectivity index (χ3v) is 4.44. The molecular weight excluding hydrogens is 338 g/mol. The van der Waals surface area contributed by atoms with Crippen LogP contribution in [0.25, 0.3) is 0 Å². The standard InChI is InChI=1S/C22H27N3O2/c1-4-16(2)25-22(26)17(3)24-14-18-8-7-11-21(12-18)27-15-20-10-6-5-9-19(20)13-23/h5-12,16-17,24H,4,14-15H2,1-3H3,(H,25,26). The molecule has 2 atom stereocenters. The van der Waals surface area contributed by atoms with E-state index in [0.29, 0.717) is 18.7 Å². The minimum Gasteiger partial charge on any atom is -0.489 e. The number of carbonyl (C=O) groups is 1. The second-order valence-electron chi connectivity index (χ2n) is 6.63. The van der Waals surface area contributed by atoms with Crippen LogP contribution in [-0.2, 0) is 17.9 Å². The van der Waals surface area contributed by atoms with E-state index < -0.39 is 0 Å². The molecule has 0 aliphatic carbocycles. The molecule has 0 heterocycles. The molecule has 0 aromatic heterocycles. The van der Waals surface area contributed by atoms with Crippen LogP contribution >= 0.6 is 0 Å². The van der Waals surface area contributed by atoms with Crippen LogP contribution in [-0.4, -0.2) is 18.0 Å². The van der Waals surface area contributed by atoms with E-state index in [1.54, 1.807) is 6.07 Å².